The zero-order valence-electron chi connectivity index (χ0n) is 47.0. The number of aromatic amines is 1. The number of para-hydroxylation sites is 1. The smallest absolute Gasteiger partial charge is 0.412 e. The maximum atomic E-state index is 15.9. The molecule has 4 aromatic carbocycles. The van der Waals surface area contributed by atoms with E-state index in [4.69, 9.17) is 23.7 Å². The molecule has 2 amide bonds. The van der Waals surface area contributed by atoms with Crippen LogP contribution in [0.4, 0.5) is 16.2 Å². The Balaban J connectivity index is 1.04. The molecule has 17 nitrogen and oxygen atoms in total. The fourth-order valence-electron chi connectivity index (χ4n) is 15.9. The van der Waals surface area contributed by atoms with Gasteiger partial charge in [-0.15, -0.1) is 0 Å². The SMILES string of the molecule is CC[C@]1(NC(=O)c2ccc3cc(NC(=O)OC(C)(C)C)ccc3c2)C[C@H]2CN(CCc3c([nH]c4ccccc34)[C@@](C(=O)OC)(c3cc4c(cc3OC)N(C)[C@H]3[C@@](O)(C(=O)OC)[C@H](OC(C)=O)[C@]5(CC)C=CCN6CC[C@]43[C@@H]65)C2)C1. The molecule has 4 N–H and O–H groups in total. The number of likely N-dealkylation sites (N-methyl/N-ethyl adjacent to an activating group) is 1. The zero-order chi connectivity index (χ0) is 56.2. The van der Waals surface area contributed by atoms with Gasteiger partial charge in [0.15, 0.2) is 6.10 Å². The number of nitrogens with one attached hydrogen (secondary N) is 3. The number of aromatic nitrogens is 1. The molecule has 17 heteroatoms. The number of rotatable bonds is 10. The van der Waals surface area contributed by atoms with Crippen LogP contribution in [0.3, 0.4) is 0 Å². The van der Waals surface area contributed by atoms with E-state index in [1.54, 1.807) is 19.2 Å². The molecule has 2 bridgehead atoms. The number of hydrogen-bond acceptors (Lipinski definition) is 14. The lowest BCUT2D eigenvalue weighted by atomic mass is 9.47. The molecule has 418 valence electrons. The highest BCUT2D eigenvalue weighted by atomic mass is 16.6. The van der Waals surface area contributed by atoms with E-state index in [0.717, 1.165) is 32.8 Å². The van der Waals surface area contributed by atoms with Crippen LogP contribution < -0.4 is 20.3 Å². The van der Waals surface area contributed by atoms with Crippen molar-refractivity contribution in [2.24, 2.45) is 11.3 Å². The molecule has 1 aliphatic carbocycles. The highest BCUT2D eigenvalue weighted by Crippen LogP contribution is 2.68. The Labute approximate surface area is 461 Å². The van der Waals surface area contributed by atoms with Crippen molar-refractivity contribution in [2.45, 2.75) is 126 Å². The molecular weight excluding hydrogens is 1000 g/mol. The molecule has 6 heterocycles. The van der Waals surface area contributed by atoms with Crippen LogP contribution in [0.25, 0.3) is 21.7 Å². The number of hydrogen-bond donors (Lipinski definition) is 4. The predicted octanol–water partition coefficient (Wildman–Crippen LogP) is 7.93. The van der Waals surface area contributed by atoms with Crippen LogP contribution in [-0.2, 0) is 50.6 Å². The lowest BCUT2D eigenvalue weighted by Crippen LogP contribution is -2.81. The number of piperidine rings is 1. The molecule has 0 radical (unpaired) electrons. The minimum Gasteiger partial charge on any atom is -0.496 e. The van der Waals surface area contributed by atoms with E-state index in [-0.39, 0.29) is 24.3 Å². The van der Waals surface area contributed by atoms with Gasteiger partial charge in [0, 0.05) is 102 Å². The summed E-state index contributed by atoms with van der Waals surface area (Å²) in [5.74, 6) is -2.00. The Morgan fingerprint density at radius 2 is 1.61 bits per heavy atom. The summed E-state index contributed by atoms with van der Waals surface area (Å²) in [4.78, 5) is 81.6. The van der Waals surface area contributed by atoms with Crippen molar-refractivity contribution in [2.75, 3.05) is 71.3 Å². The number of esters is 3. The molecule has 1 spiro atoms. The summed E-state index contributed by atoms with van der Waals surface area (Å²) >= 11 is 0. The number of benzene rings is 4. The van der Waals surface area contributed by atoms with Crippen LogP contribution in [0.2, 0.25) is 0 Å². The maximum Gasteiger partial charge on any atom is 0.412 e. The van der Waals surface area contributed by atoms with Crippen LogP contribution >= 0.6 is 0 Å². The predicted molar refractivity (Wildman–Crippen MR) is 299 cm³/mol. The van der Waals surface area contributed by atoms with Crippen LogP contribution in [0.15, 0.2) is 84.9 Å². The third-order valence-corrected chi connectivity index (χ3v) is 18.8. The van der Waals surface area contributed by atoms with Gasteiger partial charge in [-0.2, -0.15) is 0 Å². The second-order valence-electron chi connectivity index (χ2n) is 24.1. The van der Waals surface area contributed by atoms with Gasteiger partial charge >= 0.3 is 24.0 Å². The zero-order valence-corrected chi connectivity index (χ0v) is 47.0. The average molecular weight is 1080 g/mol. The third-order valence-electron chi connectivity index (χ3n) is 18.8. The summed E-state index contributed by atoms with van der Waals surface area (Å²) in [6.07, 6.45) is 5.18. The van der Waals surface area contributed by atoms with Gasteiger partial charge in [-0.05, 0) is 130 Å². The molecule has 5 aromatic rings. The summed E-state index contributed by atoms with van der Waals surface area (Å²) in [7, 11) is 6.13. The monoisotopic (exact) mass is 1080 g/mol. The van der Waals surface area contributed by atoms with Gasteiger partial charge in [0.1, 0.15) is 16.8 Å². The number of anilines is 2. The molecule has 1 saturated carbocycles. The minimum absolute atomic E-state index is 0.189. The van der Waals surface area contributed by atoms with Crippen LogP contribution in [0, 0.1) is 11.3 Å². The first kappa shape index (κ1) is 54.0. The van der Waals surface area contributed by atoms with Gasteiger partial charge < -0.3 is 48.9 Å². The Morgan fingerprint density at radius 3 is 2.32 bits per heavy atom. The van der Waals surface area contributed by atoms with Crippen molar-refractivity contribution >= 4 is 63.0 Å². The number of aliphatic hydroxyl groups is 1. The largest absolute Gasteiger partial charge is 0.496 e. The van der Waals surface area contributed by atoms with E-state index < -0.39 is 69.1 Å². The summed E-state index contributed by atoms with van der Waals surface area (Å²) in [6.45, 7) is 13.9. The maximum absolute atomic E-state index is 15.9. The first-order chi connectivity index (χ1) is 37.6. The minimum atomic E-state index is -2.36. The van der Waals surface area contributed by atoms with Crippen molar-refractivity contribution < 1.29 is 52.8 Å². The van der Waals surface area contributed by atoms with Crippen LogP contribution in [0.5, 0.6) is 5.75 Å². The highest BCUT2D eigenvalue weighted by Gasteiger charge is 2.80. The van der Waals surface area contributed by atoms with E-state index in [9.17, 15) is 24.3 Å². The van der Waals surface area contributed by atoms with E-state index >= 15 is 4.79 Å². The number of carbonyl (C=O) groups is 5. The van der Waals surface area contributed by atoms with Crippen LogP contribution in [0.1, 0.15) is 106 Å². The van der Waals surface area contributed by atoms with E-state index in [1.165, 1.54) is 21.1 Å². The number of fused-ring (bicyclic) bond motifs is 7. The Kier molecular flexibility index (Phi) is 13.3. The Hall–Kier alpha value is -6.95. The number of carbonyl (C=O) groups excluding carboxylic acids is 5. The molecule has 11 rings (SSSR count). The third kappa shape index (κ3) is 8.22. The van der Waals surface area contributed by atoms with Crippen molar-refractivity contribution in [1.29, 1.82) is 0 Å². The van der Waals surface area contributed by atoms with Gasteiger partial charge in [0.25, 0.3) is 5.91 Å². The number of H-pyrrole nitrogens is 1. The molecule has 1 aromatic heterocycles. The second-order valence-corrected chi connectivity index (χ2v) is 24.1. The lowest BCUT2D eigenvalue weighted by molar-refractivity contribution is -0.228. The van der Waals surface area contributed by atoms with E-state index in [1.807, 2.05) is 100 Å². The highest BCUT2D eigenvalue weighted by molar-refractivity contribution is 6.00. The second kappa shape index (κ2) is 19.4. The topological polar surface area (TPSA) is 201 Å². The molecule has 1 unspecified atom stereocenters. The van der Waals surface area contributed by atoms with Crippen molar-refractivity contribution in [3.05, 3.63) is 113 Å². The number of amides is 2. The van der Waals surface area contributed by atoms with Crippen molar-refractivity contribution in [3.8, 4) is 5.75 Å². The molecule has 10 atom stereocenters. The van der Waals surface area contributed by atoms with Crippen LogP contribution in [-0.4, -0.2) is 146 Å². The first-order valence-corrected chi connectivity index (χ1v) is 27.8. The Bertz CT molecular complexity index is 3350. The number of methoxy groups -OCH3 is 3. The summed E-state index contributed by atoms with van der Waals surface area (Å²) in [5.41, 5.74) is -1.50. The number of nitrogens with zero attached hydrogens (tertiary/aromatic N) is 3. The lowest BCUT2D eigenvalue weighted by Gasteiger charge is -2.63. The molecule has 6 aliphatic rings. The standard InChI is InChI=1S/C62H74N6O11/c1-11-58(65-50(70)40-19-18-39-29-41(21-20-38(39)28-40)63-56(73)79-57(4,5)6)32-37-33-61(54(71)76-9,49-43(22-26-67(34-37)35-58)42-16-13-14-17-46(42)64-49)45-30-44-47(31-48(45)75-8)66(7)52-60(44)24-27-68-25-15-23-59(12-2,51(60)68)53(78-36(3)69)62(52,74)55(72)77-10/h13-21,23,28-31,37,51-53,64,74H,11-12,22,24-27,32-35H2,1-10H3,(H,63,73)(H,65,70)/t37-,51+,52-,53-,58+,59-,60-,61+,62+/m1/s1. The molecular formula is C62H74N6O11. The molecule has 2 saturated heterocycles. The normalized spacial score (nSPS) is 30.6. The molecule has 5 aliphatic heterocycles. The van der Waals surface area contributed by atoms with Gasteiger partial charge in [0.2, 0.25) is 5.60 Å². The fourth-order valence-corrected chi connectivity index (χ4v) is 15.9. The van der Waals surface area contributed by atoms with Gasteiger partial charge in [-0.25, -0.2) is 9.59 Å². The van der Waals surface area contributed by atoms with E-state index in [2.05, 4.69) is 44.5 Å². The summed E-state index contributed by atoms with van der Waals surface area (Å²) in [6, 6.07) is 21.9. The summed E-state index contributed by atoms with van der Waals surface area (Å²) < 4.78 is 29.8. The van der Waals surface area contributed by atoms with Crippen molar-refractivity contribution in [1.82, 2.24) is 20.1 Å². The van der Waals surface area contributed by atoms with Gasteiger partial charge in [-0.3, -0.25) is 24.6 Å². The quantitative estimate of drug-likeness (QED) is 0.0597. The first-order valence-electron chi connectivity index (χ1n) is 27.8. The summed E-state index contributed by atoms with van der Waals surface area (Å²) in [5, 5.41) is 22.6. The average Bonchev–Trinajstić information content (AvgIpc) is 2.07. The fraction of sp³-hybridized carbons (Fsp3) is 0.500. The Morgan fingerprint density at radius 1 is 0.861 bits per heavy atom. The van der Waals surface area contributed by atoms with Gasteiger partial charge in [0.05, 0.1) is 32.9 Å². The van der Waals surface area contributed by atoms with Crippen molar-refractivity contribution in [3.63, 3.8) is 0 Å². The van der Waals surface area contributed by atoms with E-state index in [0.29, 0.717) is 98.8 Å². The molecule has 79 heavy (non-hydrogen) atoms. The molecule has 3 fully saturated rings. The van der Waals surface area contributed by atoms with Gasteiger partial charge in [-0.1, -0.05) is 56.3 Å². The number of ether oxygens (including phenoxy) is 5.